The lowest BCUT2D eigenvalue weighted by atomic mass is 10.3. The Kier molecular flexibility index (Phi) is 4.29. The summed E-state index contributed by atoms with van der Waals surface area (Å²) >= 11 is 0. The van der Waals surface area contributed by atoms with Crippen LogP contribution in [-0.4, -0.2) is 36.6 Å². The number of carbonyl (C=O) groups is 1. The fourth-order valence-electron chi connectivity index (χ4n) is 1.52. The molecule has 1 aromatic heterocycles. The van der Waals surface area contributed by atoms with E-state index < -0.39 is 20.6 Å². The van der Waals surface area contributed by atoms with E-state index in [-0.39, 0.29) is 18.0 Å². The van der Waals surface area contributed by atoms with Gasteiger partial charge in [0.15, 0.2) is 9.84 Å². The smallest absolute Gasteiger partial charge is 0.354 e. The minimum Gasteiger partial charge on any atom is -0.464 e. The summed E-state index contributed by atoms with van der Waals surface area (Å²) in [6, 6.07) is 1.47. The number of aryl methyl sites for hydroxylation is 1. The molecule has 0 fully saturated rings. The van der Waals surface area contributed by atoms with Gasteiger partial charge in [0.05, 0.1) is 23.3 Å². The van der Waals surface area contributed by atoms with Crippen molar-refractivity contribution >= 4 is 21.5 Å². The zero-order valence-electron chi connectivity index (χ0n) is 11.6. The highest BCUT2D eigenvalue weighted by molar-refractivity contribution is 7.92. The highest BCUT2D eigenvalue weighted by Crippen LogP contribution is 2.18. The highest BCUT2D eigenvalue weighted by Gasteiger charge is 2.29. The summed E-state index contributed by atoms with van der Waals surface area (Å²) < 4.78 is 29.4. The van der Waals surface area contributed by atoms with Crippen LogP contribution in [0.5, 0.6) is 0 Å². The Morgan fingerprint density at radius 3 is 2.47 bits per heavy atom. The van der Waals surface area contributed by atoms with Crippen molar-refractivity contribution in [3.63, 3.8) is 0 Å². The Morgan fingerprint density at radius 1 is 1.42 bits per heavy atom. The van der Waals surface area contributed by atoms with Crippen LogP contribution in [0.4, 0.5) is 5.69 Å². The van der Waals surface area contributed by atoms with Crippen molar-refractivity contribution in [2.45, 2.75) is 32.1 Å². The number of rotatable bonds is 4. The molecular formula is C12H20N2O4S. The number of hydrogen-bond acceptors (Lipinski definition) is 5. The van der Waals surface area contributed by atoms with E-state index >= 15 is 0 Å². The van der Waals surface area contributed by atoms with E-state index in [0.29, 0.717) is 5.69 Å². The minimum absolute atomic E-state index is 0.0609. The van der Waals surface area contributed by atoms with Gasteiger partial charge in [0.25, 0.3) is 0 Å². The van der Waals surface area contributed by atoms with Crippen molar-refractivity contribution in [2.24, 2.45) is 0 Å². The monoisotopic (exact) mass is 288 g/mol. The van der Waals surface area contributed by atoms with E-state index in [0.717, 1.165) is 0 Å². The molecule has 1 aromatic rings. The van der Waals surface area contributed by atoms with E-state index in [1.165, 1.54) is 23.9 Å². The van der Waals surface area contributed by atoms with Crippen LogP contribution in [0.3, 0.4) is 0 Å². The minimum atomic E-state index is -3.25. The van der Waals surface area contributed by atoms with Crippen molar-refractivity contribution in [1.82, 2.24) is 4.57 Å². The molecule has 2 N–H and O–H groups in total. The van der Waals surface area contributed by atoms with Crippen LogP contribution >= 0.6 is 0 Å². The Hall–Kier alpha value is -1.50. The number of nitrogen functional groups attached to an aromatic ring is 1. The second-order valence-electron chi connectivity index (χ2n) is 5.27. The Balaban J connectivity index is 2.93. The summed E-state index contributed by atoms with van der Waals surface area (Å²) in [5, 5.41) is 0. The summed E-state index contributed by atoms with van der Waals surface area (Å²) in [4.78, 5) is 11.5. The highest BCUT2D eigenvalue weighted by atomic mass is 32.2. The van der Waals surface area contributed by atoms with E-state index in [1.54, 1.807) is 20.8 Å². The largest absolute Gasteiger partial charge is 0.464 e. The molecule has 0 aliphatic carbocycles. The normalized spacial score (nSPS) is 12.4. The van der Waals surface area contributed by atoms with Gasteiger partial charge in [0.2, 0.25) is 0 Å². The molecule has 0 bridgehead atoms. The molecule has 0 spiro atoms. The van der Waals surface area contributed by atoms with E-state index in [4.69, 9.17) is 5.73 Å². The first-order chi connectivity index (χ1) is 8.58. The molecule has 0 aliphatic heterocycles. The van der Waals surface area contributed by atoms with Crippen LogP contribution in [0.15, 0.2) is 12.3 Å². The fraction of sp³-hybridized carbons (Fsp3) is 0.583. The third kappa shape index (κ3) is 3.50. The van der Waals surface area contributed by atoms with Gasteiger partial charge < -0.3 is 15.0 Å². The molecule has 0 saturated carbocycles. The van der Waals surface area contributed by atoms with Crippen molar-refractivity contribution in [3.05, 3.63) is 18.0 Å². The summed E-state index contributed by atoms with van der Waals surface area (Å²) in [5.41, 5.74) is 6.27. The number of esters is 1. The van der Waals surface area contributed by atoms with Crippen molar-refractivity contribution < 1.29 is 17.9 Å². The summed E-state index contributed by atoms with van der Waals surface area (Å²) in [7, 11) is -1.98. The van der Waals surface area contributed by atoms with Gasteiger partial charge in [0.1, 0.15) is 5.69 Å². The molecule has 0 aliphatic rings. The van der Waals surface area contributed by atoms with Crippen LogP contribution < -0.4 is 5.73 Å². The van der Waals surface area contributed by atoms with Gasteiger partial charge in [-0.2, -0.15) is 0 Å². The van der Waals surface area contributed by atoms with Crippen molar-refractivity contribution in [1.29, 1.82) is 0 Å². The lowest BCUT2D eigenvalue weighted by molar-refractivity contribution is 0.0588. The van der Waals surface area contributed by atoms with Crippen molar-refractivity contribution in [3.8, 4) is 0 Å². The summed E-state index contributed by atoms with van der Waals surface area (Å²) in [6.45, 7) is 5.11. The lowest BCUT2D eigenvalue weighted by Crippen LogP contribution is -2.32. The number of carbonyl (C=O) groups excluding carboxylic acids is 1. The number of hydrogen-bond donors (Lipinski definition) is 1. The number of aromatic nitrogens is 1. The number of ether oxygens (including phenoxy) is 1. The molecule has 0 unspecified atom stereocenters. The zero-order valence-corrected chi connectivity index (χ0v) is 12.5. The average molecular weight is 288 g/mol. The van der Waals surface area contributed by atoms with E-state index in [9.17, 15) is 13.2 Å². The molecule has 1 rings (SSSR count). The number of sulfone groups is 1. The first-order valence-electron chi connectivity index (χ1n) is 5.85. The molecule has 0 saturated heterocycles. The molecule has 108 valence electrons. The van der Waals surface area contributed by atoms with Gasteiger partial charge in [-0.05, 0) is 26.8 Å². The van der Waals surface area contributed by atoms with Gasteiger partial charge in [-0.1, -0.05) is 0 Å². The van der Waals surface area contributed by atoms with Crippen LogP contribution in [0.25, 0.3) is 0 Å². The maximum Gasteiger partial charge on any atom is 0.354 e. The standard InChI is InChI=1S/C12H20N2O4S/c1-12(2,3)19(16,17)6-5-14-8-9(13)7-10(14)11(15)18-4/h7-8H,5-6,13H2,1-4H3. The van der Waals surface area contributed by atoms with Crippen LogP contribution in [0.2, 0.25) is 0 Å². The van der Waals surface area contributed by atoms with Crippen LogP contribution in [-0.2, 0) is 21.1 Å². The molecule has 0 radical (unpaired) electrons. The number of nitrogens with two attached hydrogens (primary N) is 1. The first-order valence-corrected chi connectivity index (χ1v) is 7.50. The predicted molar refractivity (Wildman–Crippen MR) is 73.7 cm³/mol. The van der Waals surface area contributed by atoms with Crippen LogP contribution in [0.1, 0.15) is 31.3 Å². The first kappa shape index (κ1) is 15.6. The lowest BCUT2D eigenvalue weighted by Gasteiger charge is -2.19. The molecule has 0 atom stereocenters. The molecule has 0 amide bonds. The molecular weight excluding hydrogens is 268 g/mol. The summed E-state index contributed by atoms with van der Waals surface area (Å²) in [6.07, 6.45) is 1.53. The zero-order chi connectivity index (χ0) is 14.8. The van der Waals surface area contributed by atoms with Gasteiger partial charge >= 0.3 is 5.97 Å². The SMILES string of the molecule is COC(=O)c1cc(N)cn1CCS(=O)(=O)C(C)(C)C. The number of nitrogens with zero attached hydrogens (tertiary/aromatic N) is 1. The van der Waals surface area contributed by atoms with E-state index in [2.05, 4.69) is 4.74 Å². The maximum atomic E-state index is 12.0. The Bertz CT molecular complexity index is 567. The Labute approximate surface area is 113 Å². The van der Waals surface area contributed by atoms with Crippen molar-refractivity contribution in [2.75, 3.05) is 18.6 Å². The van der Waals surface area contributed by atoms with Gasteiger partial charge in [0, 0.05) is 12.7 Å². The van der Waals surface area contributed by atoms with Crippen LogP contribution in [0, 0.1) is 0 Å². The fourth-order valence-corrected chi connectivity index (χ4v) is 2.57. The average Bonchev–Trinajstić information content (AvgIpc) is 2.65. The summed E-state index contributed by atoms with van der Waals surface area (Å²) in [5.74, 6) is -0.598. The third-order valence-corrected chi connectivity index (χ3v) is 5.43. The quantitative estimate of drug-likeness (QED) is 0.837. The second kappa shape index (κ2) is 5.24. The molecule has 19 heavy (non-hydrogen) atoms. The second-order valence-corrected chi connectivity index (χ2v) is 8.14. The van der Waals surface area contributed by atoms with E-state index in [1.807, 2.05) is 0 Å². The maximum absolute atomic E-state index is 12.0. The van der Waals surface area contributed by atoms with Gasteiger partial charge in [-0.15, -0.1) is 0 Å². The third-order valence-electron chi connectivity index (χ3n) is 2.85. The molecule has 0 aromatic carbocycles. The number of methoxy groups -OCH3 is 1. The molecule has 7 heteroatoms. The predicted octanol–water partition coefficient (Wildman–Crippen LogP) is 1.07. The Morgan fingerprint density at radius 2 is 2.00 bits per heavy atom. The van der Waals surface area contributed by atoms with Gasteiger partial charge in [-0.3, -0.25) is 0 Å². The van der Waals surface area contributed by atoms with Gasteiger partial charge in [-0.25, -0.2) is 13.2 Å². The topological polar surface area (TPSA) is 91.4 Å². The molecule has 1 heterocycles. The molecule has 6 nitrogen and oxygen atoms in total. The number of anilines is 1.